The van der Waals surface area contributed by atoms with Crippen LogP contribution in [0.4, 0.5) is 0 Å². The number of hydrogen-bond acceptors (Lipinski definition) is 0. The van der Waals surface area contributed by atoms with Gasteiger partial charge in [0.1, 0.15) is 0 Å². The maximum atomic E-state index is 4.03. The average molecular weight is 302 g/mol. The van der Waals surface area contributed by atoms with Crippen molar-refractivity contribution >= 4 is 38.4 Å². The predicted octanol–water partition coefficient (Wildman–Crippen LogP) is 6.87. The normalized spacial score (nSPS) is 12.3. The first-order valence-electron chi connectivity index (χ1n) is 8.33. The number of fused-ring (bicyclic) bond motifs is 3. The zero-order valence-corrected chi connectivity index (χ0v) is 13.1. The third kappa shape index (κ3) is 1.27. The molecule has 0 amide bonds. The lowest BCUT2D eigenvalue weighted by atomic mass is 9.89. The summed E-state index contributed by atoms with van der Waals surface area (Å²) < 4.78 is 0. The van der Waals surface area contributed by atoms with Crippen molar-refractivity contribution in [2.75, 3.05) is 0 Å². The van der Waals surface area contributed by atoms with Crippen LogP contribution in [0.2, 0.25) is 0 Å². The molecule has 0 radical (unpaired) electrons. The van der Waals surface area contributed by atoms with Crippen LogP contribution in [0.1, 0.15) is 5.56 Å². The highest BCUT2D eigenvalue weighted by Gasteiger charge is 2.24. The van der Waals surface area contributed by atoms with Gasteiger partial charge in [-0.05, 0) is 66.2 Å². The van der Waals surface area contributed by atoms with Crippen molar-refractivity contribution in [1.82, 2.24) is 0 Å². The summed E-state index contributed by atoms with van der Waals surface area (Å²) in [5.74, 6) is 0. The van der Waals surface area contributed by atoms with Crippen LogP contribution in [-0.4, -0.2) is 0 Å². The number of rotatable bonds is 1. The van der Waals surface area contributed by atoms with Crippen molar-refractivity contribution in [2.24, 2.45) is 0 Å². The van der Waals surface area contributed by atoms with Crippen LogP contribution in [0, 0.1) is 0 Å². The van der Waals surface area contributed by atoms with Gasteiger partial charge in [-0.1, -0.05) is 73.3 Å². The van der Waals surface area contributed by atoms with Crippen LogP contribution in [0.5, 0.6) is 0 Å². The van der Waals surface area contributed by atoms with E-state index in [2.05, 4.69) is 73.3 Å². The Morgan fingerprint density at radius 2 is 1.25 bits per heavy atom. The second-order valence-electron chi connectivity index (χ2n) is 6.63. The highest BCUT2D eigenvalue weighted by Crippen LogP contribution is 2.51. The zero-order chi connectivity index (χ0) is 15.8. The predicted molar refractivity (Wildman–Crippen MR) is 105 cm³/mol. The molecule has 0 bridgehead atoms. The molecule has 1 aliphatic rings. The molecule has 110 valence electrons. The fraction of sp³-hybridized carbons (Fsp3) is 0. The molecule has 0 N–H and O–H groups in total. The number of hydrogen-bond donors (Lipinski definition) is 0. The second kappa shape index (κ2) is 4.04. The Balaban J connectivity index is 2.01. The largest absolute Gasteiger partial charge is 0.0984 e. The van der Waals surface area contributed by atoms with E-state index >= 15 is 0 Å². The first-order valence-corrected chi connectivity index (χ1v) is 8.33. The lowest BCUT2D eigenvalue weighted by molar-refractivity contribution is 1.70. The molecule has 5 aromatic rings. The molecule has 0 nitrogen and oxygen atoms in total. The topological polar surface area (TPSA) is 0 Å². The smallest absolute Gasteiger partial charge is 0.00137 e. The zero-order valence-electron chi connectivity index (χ0n) is 13.1. The lowest BCUT2D eigenvalue weighted by Gasteiger charge is -2.14. The SMILES string of the molecule is C=Cc1ccc2ccc3ccc4c5c(cc1c2c35)-c1ccccc1-4. The summed E-state index contributed by atoms with van der Waals surface area (Å²) in [6, 6.07) is 24.6. The molecule has 0 saturated heterocycles. The van der Waals surface area contributed by atoms with Crippen molar-refractivity contribution in [1.29, 1.82) is 0 Å². The molecule has 0 heteroatoms. The molecule has 6 rings (SSSR count). The van der Waals surface area contributed by atoms with Crippen LogP contribution >= 0.6 is 0 Å². The summed E-state index contributed by atoms with van der Waals surface area (Å²) in [7, 11) is 0. The summed E-state index contributed by atoms with van der Waals surface area (Å²) in [5, 5.41) is 8.12. The Labute approximate surface area is 140 Å². The molecular formula is C24H14. The minimum Gasteiger partial charge on any atom is -0.0984 e. The van der Waals surface area contributed by atoms with Gasteiger partial charge in [0.15, 0.2) is 0 Å². The molecule has 0 spiro atoms. The Morgan fingerprint density at radius 1 is 0.583 bits per heavy atom. The molecule has 5 aromatic carbocycles. The maximum absolute atomic E-state index is 4.03. The summed E-state index contributed by atoms with van der Waals surface area (Å²) >= 11 is 0. The summed E-state index contributed by atoms with van der Waals surface area (Å²) in [5.41, 5.74) is 6.64. The van der Waals surface area contributed by atoms with Gasteiger partial charge < -0.3 is 0 Å². The van der Waals surface area contributed by atoms with Crippen LogP contribution in [-0.2, 0) is 0 Å². The quantitative estimate of drug-likeness (QED) is 0.291. The Morgan fingerprint density at radius 3 is 2.04 bits per heavy atom. The highest BCUT2D eigenvalue weighted by atomic mass is 14.3. The average Bonchev–Trinajstić information content (AvgIpc) is 2.97. The third-order valence-electron chi connectivity index (χ3n) is 5.53. The first kappa shape index (κ1) is 12.3. The van der Waals surface area contributed by atoms with E-state index in [9.17, 15) is 0 Å². The van der Waals surface area contributed by atoms with Gasteiger partial charge in [0.25, 0.3) is 0 Å². The third-order valence-corrected chi connectivity index (χ3v) is 5.53. The molecular weight excluding hydrogens is 288 g/mol. The summed E-state index contributed by atoms with van der Waals surface area (Å²) in [4.78, 5) is 0. The highest BCUT2D eigenvalue weighted by molar-refractivity contribution is 6.32. The van der Waals surface area contributed by atoms with Gasteiger partial charge >= 0.3 is 0 Å². The van der Waals surface area contributed by atoms with Crippen molar-refractivity contribution in [3.63, 3.8) is 0 Å². The van der Waals surface area contributed by atoms with Gasteiger partial charge in [0.05, 0.1) is 0 Å². The van der Waals surface area contributed by atoms with Crippen LogP contribution in [0.25, 0.3) is 60.6 Å². The Hall–Kier alpha value is -3.12. The molecule has 0 saturated carbocycles. The first-order chi connectivity index (χ1) is 11.9. The van der Waals surface area contributed by atoms with Crippen molar-refractivity contribution in [3.05, 3.63) is 78.9 Å². The monoisotopic (exact) mass is 302 g/mol. The molecule has 0 fully saturated rings. The molecule has 24 heavy (non-hydrogen) atoms. The van der Waals surface area contributed by atoms with Gasteiger partial charge in [-0.3, -0.25) is 0 Å². The van der Waals surface area contributed by atoms with Crippen molar-refractivity contribution in [2.45, 2.75) is 0 Å². The fourth-order valence-electron chi connectivity index (χ4n) is 4.50. The molecule has 0 atom stereocenters. The van der Waals surface area contributed by atoms with E-state index in [1.165, 1.54) is 60.1 Å². The standard InChI is InChI=1S/C24H14/c1-2-14-7-8-15-9-10-16-11-12-19-17-5-3-4-6-18(17)21-13-20(14)22(15)23(16)24(19)21/h2-13H,1H2. The molecule has 0 heterocycles. The second-order valence-corrected chi connectivity index (χ2v) is 6.63. The molecule has 1 aliphatic carbocycles. The van der Waals surface area contributed by atoms with E-state index in [-0.39, 0.29) is 0 Å². The molecule has 0 aliphatic heterocycles. The van der Waals surface area contributed by atoms with Gasteiger partial charge in [-0.15, -0.1) is 0 Å². The van der Waals surface area contributed by atoms with Crippen molar-refractivity contribution in [3.8, 4) is 22.3 Å². The van der Waals surface area contributed by atoms with E-state index in [1.807, 2.05) is 6.08 Å². The summed E-state index contributed by atoms with van der Waals surface area (Å²) in [6.07, 6.45) is 1.97. The Kier molecular flexibility index (Phi) is 2.07. The fourth-order valence-corrected chi connectivity index (χ4v) is 4.50. The lowest BCUT2D eigenvalue weighted by Crippen LogP contribution is -1.87. The molecule has 0 unspecified atom stereocenters. The van der Waals surface area contributed by atoms with Crippen LogP contribution in [0.15, 0.2) is 73.3 Å². The van der Waals surface area contributed by atoms with E-state index < -0.39 is 0 Å². The van der Waals surface area contributed by atoms with E-state index in [4.69, 9.17) is 0 Å². The van der Waals surface area contributed by atoms with Crippen molar-refractivity contribution < 1.29 is 0 Å². The minimum atomic E-state index is 1.21. The van der Waals surface area contributed by atoms with E-state index in [1.54, 1.807) is 0 Å². The summed E-state index contributed by atoms with van der Waals surface area (Å²) in [6.45, 7) is 4.03. The maximum Gasteiger partial charge on any atom is -0.00137 e. The van der Waals surface area contributed by atoms with E-state index in [0.29, 0.717) is 0 Å². The van der Waals surface area contributed by atoms with Gasteiger partial charge in [-0.2, -0.15) is 0 Å². The van der Waals surface area contributed by atoms with Gasteiger partial charge in [-0.25, -0.2) is 0 Å². The van der Waals surface area contributed by atoms with E-state index in [0.717, 1.165) is 0 Å². The van der Waals surface area contributed by atoms with Gasteiger partial charge in [0.2, 0.25) is 0 Å². The minimum absolute atomic E-state index is 1.21. The van der Waals surface area contributed by atoms with Crippen LogP contribution < -0.4 is 0 Å². The Bertz CT molecular complexity index is 1300. The van der Waals surface area contributed by atoms with Gasteiger partial charge in [0, 0.05) is 0 Å². The van der Waals surface area contributed by atoms with Crippen LogP contribution in [0.3, 0.4) is 0 Å². The molecule has 0 aromatic heterocycles. The number of benzene rings is 5.